The summed E-state index contributed by atoms with van der Waals surface area (Å²) >= 11 is 0. The van der Waals surface area contributed by atoms with E-state index in [0.717, 1.165) is 4.90 Å². The first-order valence-electron chi connectivity index (χ1n) is 6.09. The molecule has 0 aliphatic rings. The number of anilines is 1. The molecule has 20 heavy (non-hydrogen) atoms. The SMILES string of the molecule is COc1ccccc1N(CCCN)C(=O)CC(F)(F)F. The van der Waals surface area contributed by atoms with Crippen molar-refractivity contribution in [2.45, 2.75) is 19.0 Å². The number of alkyl halides is 3. The summed E-state index contributed by atoms with van der Waals surface area (Å²) in [6.45, 7) is 0.400. The van der Waals surface area contributed by atoms with Crippen LogP contribution in [-0.4, -0.2) is 32.3 Å². The third-order valence-electron chi connectivity index (χ3n) is 2.61. The number of amides is 1. The van der Waals surface area contributed by atoms with Gasteiger partial charge in [0.1, 0.15) is 12.2 Å². The topological polar surface area (TPSA) is 55.6 Å². The molecule has 7 heteroatoms. The fraction of sp³-hybridized carbons (Fsp3) is 0.462. The highest BCUT2D eigenvalue weighted by Crippen LogP contribution is 2.30. The van der Waals surface area contributed by atoms with Gasteiger partial charge in [-0.1, -0.05) is 12.1 Å². The number of para-hydroxylation sites is 2. The minimum Gasteiger partial charge on any atom is -0.495 e. The molecule has 0 unspecified atom stereocenters. The van der Waals surface area contributed by atoms with Crippen LogP contribution in [0.4, 0.5) is 18.9 Å². The second kappa shape index (κ2) is 7.14. The van der Waals surface area contributed by atoms with Crippen molar-refractivity contribution in [3.8, 4) is 5.75 Å². The number of carbonyl (C=O) groups is 1. The maximum Gasteiger partial charge on any atom is 0.397 e. The van der Waals surface area contributed by atoms with E-state index in [0.29, 0.717) is 17.9 Å². The summed E-state index contributed by atoms with van der Waals surface area (Å²) in [6, 6.07) is 6.45. The quantitative estimate of drug-likeness (QED) is 0.875. The number of rotatable bonds is 6. The van der Waals surface area contributed by atoms with Crippen LogP contribution in [0.5, 0.6) is 5.75 Å². The van der Waals surface area contributed by atoms with Gasteiger partial charge in [-0.2, -0.15) is 13.2 Å². The first-order valence-corrected chi connectivity index (χ1v) is 6.09. The zero-order chi connectivity index (χ0) is 15.2. The Hall–Kier alpha value is -1.76. The first kappa shape index (κ1) is 16.3. The van der Waals surface area contributed by atoms with Gasteiger partial charge < -0.3 is 15.4 Å². The molecule has 4 nitrogen and oxygen atoms in total. The second-order valence-electron chi connectivity index (χ2n) is 4.15. The van der Waals surface area contributed by atoms with Gasteiger partial charge in [-0.15, -0.1) is 0 Å². The Morgan fingerprint density at radius 3 is 2.55 bits per heavy atom. The van der Waals surface area contributed by atoms with Crippen molar-refractivity contribution in [2.24, 2.45) is 5.73 Å². The number of carbonyl (C=O) groups excluding carboxylic acids is 1. The molecule has 0 aliphatic heterocycles. The van der Waals surface area contributed by atoms with Crippen molar-refractivity contribution in [3.63, 3.8) is 0 Å². The molecule has 0 atom stereocenters. The molecular weight excluding hydrogens is 273 g/mol. The van der Waals surface area contributed by atoms with Crippen LogP contribution in [0.25, 0.3) is 0 Å². The van der Waals surface area contributed by atoms with E-state index in [-0.39, 0.29) is 13.1 Å². The average Bonchev–Trinajstić information content (AvgIpc) is 2.37. The van der Waals surface area contributed by atoms with Crippen molar-refractivity contribution in [1.82, 2.24) is 0 Å². The van der Waals surface area contributed by atoms with Crippen LogP contribution in [0.2, 0.25) is 0 Å². The van der Waals surface area contributed by atoms with Crippen LogP contribution >= 0.6 is 0 Å². The summed E-state index contributed by atoms with van der Waals surface area (Å²) in [6.07, 6.45) is -5.64. The molecule has 1 rings (SSSR count). The Morgan fingerprint density at radius 2 is 2.00 bits per heavy atom. The van der Waals surface area contributed by atoms with Crippen molar-refractivity contribution in [2.75, 3.05) is 25.1 Å². The van der Waals surface area contributed by atoms with Gasteiger partial charge in [0.15, 0.2) is 0 Å². The van der Waals surface area contributed by atoms with Crippen molar-refractivity contribution in [1.29, 1.82) is 0 Å². The summed E-state index contributed by atoms with van der Waals surface area (Å²) < 4.78 is 42.2. The van der Waals surface area contributed by atoms with Crippen LogP contribution in [0.3, 0.4) is 0 Å². The predicted molar refractivity (Wildman–Crippen MR) is 69.7 cm³/mol. The van der Waals surface area contributed by atoms with E-state index in [1.165, 1.54) is 7.11 Å². The molecule has 0 aromatic heterocycles. The van der Waals surface area contributed by atoms with Crippen LogP contribution in [0.15, 0.2) is 24.3 Å². The highest BCUT2D eigenvalue weighted by atomic mass is 19.4. The van der Waals surface area contributed by atoms with Crippen LogP contribution in [-0.2, 0) is 4.79 Å². The molecular formula is C13H17F3N2O2. The molecule has 1 amide bonds. The molecule has 0 aliphatic carbocycles. The molecule has 1 aromatic rings. The van der Waals surface area contributed by atoms with Gasteiger partial charge in [-0.3, -0.25) is 4.79 Å². The first-order chi connectivity index (χ1) is 9.39. The number of hydrogen-bond donors (Lipinski definition) is 1. The Labute approximate surface area is 115 Å². The number of halogens is 3. The third kappa shape index (κ3) is 4.73. The molecule has 112 valence electrons. The number of nitrogens with zero attached hydrogens (tertiary/aromatic N) is 1. The van der Waals surface area contributed by atoms with Crippen LogP contribution in [0, 0.1) is 0 Å². The number of nitrogens with two attached hydrogens (primary N) is 1. The summed E-state index contributed by atoms with van der Waals surface area (Å²) in [5.74, 6) is -0.671. The van der Waals surface area contributed by atoms with E-state index in [1.54, 1.807) is 24.3 Å². The van der Waals surface area contributed by atoms with E-state index in [9.17, 15) is 18.0 Å². The number of hydrogen-bond acceptors (Lipinski definition) is 3. The van der Waals surface area contributed by atoms with Crippen LogP contribution < -0.4 is 15.4 Å². The van der Waals surface area contributed by atoms with Gasteiger partial charge in [-0.25, -0.2) is 0 Å². The van der Waals surface area contributed by atoms with Gasteiger partial charge in [0, 0.05) is 6.54 Å². The number of methoxy groups -OCH3 is 1. The Kier molecular flexibility index (Phi) is 5.82. The highest BCUT2D eigenvalue weighted by Gasteiger charge is 2.34. The third-order valence-corrected chi connectivity index (χ3v) is 2.61. The molecule has 0 saturated carbocycles. The molecule has 0 heterocycles. The smallest absolute Gasteiger partial charge is 0.397 e. The molecule has 0 fully saturated rings. The lowest BCUT2D eigenvalue weighted by atomic mass is 10.2. The highest BCUT2D eigenvalue weighted by molar-refractivity contribution is 5.95. The number of benzene rings is 1. The Balaban J connectivity index is 3.02. The number of ether oxygens (including phenoxy) is 1. The maximum absolute atomic E-state index is 12.4. The molecule has 0 bridgehead atoms. The normalized spacial score (nSPS) is 11.2. The van der Waals surface area contributed by atoms with Gasteiger partial charge in [0.25, 0.3) is 0 Å². The summed E-state index contributed by atoms with van der Waals surface area (Å²) in [5, 5.41) is 0. The maximum atomic E-state index is 12.4. The van der Waals surface area contributed by atoms with E-state index in [4.69, 9.17) is 10.5 Å². The molecule has 1 aromatic carbocycles. The monoisotopic (exact) mass is 290 g/mol. The van der Waals surface area contributed by atoms with Gasteiger partial charge in [0.2, 0.25) is 5.91 Å². The molecule has 0 radical (unpaired) electrons. The minimum absolute atomic E-state index is 0.117. The lowest BCUT2D eigenvalue weighted by Crippen LogP contribution is -2.36. The molecule has 0 saturated heterocycles. The summed E-state index contributed by atoms with van der Waals surface area (Å²) in [4.78, 5) is 12.9. The second-order valence-corrected chi connectivity index (χ2v) is 4.15. The molecule has 2 N–H and O–H groups in total. The van der Waals surface area contributed by atoms with E-state index in [1.807, 2.05) is 0 Å². The predicted octanol–water partition coefficient (Wildman–Crippen LogP) is 2.33. The van der Waals surface area contributed by atoms with Crippen molar-refractivity contribution < 1.29 is 22.7 Å². The largest absolute Gasteiger partial charge is 0.495 e. The fourth-order valence-electron chi connectivity index (χ4n) is 1.75. The fourth-order valence-corrected chi connectivity index (χ4v) is 1.75. The zero-order valence-corrected chi connectivity index (χ0v) is 11.1. The summed E-state index contributed by atoms with van der Waals surface area (Å²) in [7, 11) is 1.40. The van der Waals surface area contributed by atoms with Gasteiger partial charge in [0.05, 0.1) is 12.8 Å². The standard InChI is InChI=1S/C13H17F3N2O2/c1-20-11-6-3-2-5-10(11)18(8-4-7-17)12(19)9-13(14,15)16/h2-3,5-6H,4,7-9,17H2,1H3. The van der Waals surface area contributed by atoms with Crippen LogP contribution in [0.1, 0.15) is 12.8 Å². The molecule has 0 spiro atoms. The van der Waals surface area contributed by atoms with Gasteiger partial charge in [-0.05, 0) is 25.1 Å². The Morgan fingerprint density at radius 1 is 1.35 bits per heavy atom. The lowest BCUT2D eigenvalue weighted by molar-refractivity contribution is -0.151. The minimum atomic E-state index is -4.54. The van der Waals surface area contributed by atoms with E-state index in [2.05, 4.69) is 0 Å². The lowest BCUT2D eigenvalue weighted by Gasteiger charge is -2.25. The zero-order valence-electron chi connectivity index (χ0n) is 11.1. The van der Waals surface area contributed by atoms with Crippen molar-refractivity contribution in [3.05, 3.63) is 24.3 Å². The Bertz CT molecular complexity index is 449. The van der Waals surface area contributed by atoms with Gasteiger partial charge >= 0.3 is 6.18 Å². The van der Waals surface area contributed by atoms with E-state index < -0.39 is 18.5 Å². The summed E-state index contributed by atoms with van der Waals surface area (Å²) in [5.41, 5.74) is 5.68. The van der Waals surface area contributed by atoms with E-state index >= 15 is 0 Å². The average molecular weight is 290 g/mol. The van der Waals surface area contributed by atoms with Crippen molar-refractivity contribution >= 4 is 11.6 Å².